The molecule has 1 aliphatic rings. The summed E-state index contributed by atoms with van der Waals surface area (Å²) in [4.78, 5) is 22.8. The third-order valence-electron chi connectivity index (χ3n) is 6.75. The Hall–Kier alpha value is -3.56. The highest BCUT2D eigenvalue weighted by atomic mass is 32.2. The van der Waals surface area contributed by atoms with Gasteiger partial charge in [-0.2, -0.15) is 0 Å². The largest absolute Gasteiger partial charge is 0.460 e. The SMILES string of the molecule is CC(C)(O)c1cc(-c2ccc(C3=NOC(CC(C)(C(=O)OCc4ccccc4)S(C)(=O)=O)C3)cc2)ccn1. The van der Waals surface area contributed by atoms with Gasteiger partial charge in [0, 0.05) is 25.3 Å². The lowest BCUT2D eigenvalue weighted by atomic mass is 9.95. The van der Waals surface area contributed by atoms with Gasteiger partial charge in [-0.25, -0.2) is 8.42 Å². The van der Waals surface area contributed by atoms with Gasteiger partial charge >= 0.3 is 5.97 Å². The average molecular weight is 537 g/mol. The van der Waals surface area contributed by atoms with Crippen molar-refractivity contribution < 1.29 is 27.9 Å². The Kier molecular flexibility index (Phi) is 7.71. The van der Waals surface area contributed by atoms with Gasteiger partial charge in [-0.05, 0) is 55.2 Å². The van der Waals surface area contributed by atoms with E-state index < -0.39 is 32.3 Å². The second kappa shape index (κ2) is 10.7. The number of ether oxygens (including phenoxy) is 1. The van der Waals surface area contributed by atoms with E-state index in [2.05, 4.69) is 10.1 Å². The molecule has 0 saturated heterocycles. The van der Waals surface area contributed by atoms with Crippen LogP contribution in [0.4, 0.5) is 0 Å². The zero-order valence-corrected chi connectivity index (χ0v) is 22.7. The number of carbonyl (C=O) groups excluding carboxylic acids is 1. The first-order valence-electron chi connectivity index (χ1n) is 12.3. The highest BCUT2D eigenvalue weighted by molar-refractivity contribution is 7.92. The minimum atomic E-state index is -3.82. The lowest BCUT2D eigenvalue weighted by molar-refractivity contribution is -0.148. The third-order valence-corrected chi connectivity index (χ3v) is 8.72. The van der Waals surface area contributed by atoms with Crippen LogP contribution >= 0.6 is 0 Å². The summed E-state index contributed by atoms with van der Waals surface area (Å²) in [5.74, 6) is -0.812. The molecule has 200 valence electrons. The van der Waals surface area contributed by atoms with Crippen LogP contribution in [0.2, 0.25) is 0 Å². The van der Waals surface area contributed by atoms with E-state index in [4.69, 9.17) is 9.57 Å². The fourth-order valence-corrected chi connectivity index (χ4v) is 5.05. The van der Waals surface area contributed by atoms with Crippen LogP contribution in [0.1, 0.15) is 50.4 Å². The fourth-order valence-electron chi connectivity index (χ4n) is 4.20. The lowest BCUT2D eigenvalue weighted by Crippen LogP contribution is -2.46. The predicted octanol–water partition coefficient (Wildman–Crippen LogP) is 4.41. The number of sulfone groups is 1. The molecule has 0 saturated carbocycles. The molecule has 4 rings (SSSR count). The molecule has 0 amide bonds. The maximum atomic E-state index is 13.0. The average Bonchev–Trinajstić information content (AvgIpc) is 3.35. The second-order valence-corrected chi connectivity index (χ2v) is 12.7. The van der Waals surface area contributed by atoms with Gasteiger partial charge in [-0.15, -0.1) is 0 Å². The van der Waals surface area contributed by atoms with Crippen molar-refractivity contribution in [2.24, 2.45) is 5.16 Å². The number of oxime groups is 1. The molecular formula is C29H32N2O6S. The summed E-state index contributed by atoms with van der Waals surface area (Å²) in [5, 5.41) is 14.4. The van der Waals surface area contributed by atoms with Gasteiger partial charge in [-0.1, -0.05) is 59.8 Å². The summed E-state index contributed by atoms with van der Waals surface area (Å²) in [6.07, 6.45) is 2.38. The normalized spacial score (nSPS) is 17.3. The van der Waals surface area contributed by atoms with Crippen molar-refractivity contribution in [1.82, 2.24) is 4.98 Å². The molecule has 2 unspecified atom stereocenters. The molecule has 0 radical (unpaired) electrons. The zero-order valence-electron chi connectivity index (χ0n) is 21.9. The molecule has 0 fully saturated rings. The number of aliphatic hydroxyl groups is 1. The van der Waals surface area contributed by atoms with Crippen LogP contribution in [0.15, 0.2) is 78.1 Å². The van der Waals surface area contributed by atoms with E-state index in [1.54, 1.807) is 32.2 Å². The molecule has 0 bridgehead atoms. The van der Waals surface area contributed by atoms with Crippen LogP contribution in [0.5, 0.6) is 0 Å². The molecule has 8 nitrogen and oxygen atoms in total. The van der Waals surface area contributed by atoms with Crippen LogP contribution in [0.25, 0.3) is 11.1 Å². The summed E-state index contributed by atoms with van der Waals surface area (Å²) in [7, 11) is -3.82. The van der Waals surface area contributed by atoms with Crippen LogP contribution in [0.3, 0.4) is 0 Å². The number of carbonyl (C=O) groups is 1. The van der Waals surface area contributed by atoms with E-state index in [0.29, 0.717) is 17.8 Å². The molecular weight excluding hydrogens is 504 g/mol. The van der Waals surface area contributed by atoms with E-state index in [9.17, 15) is 18.3 Å². The lowest BCUT2D eigenvalue weighted by Gasteiger charge is -2.27. The topological polar surface area (TPSA) is 115 Å². The Morgan fingerprint density at radius 3 is 2.32 bits per heavy atom. The summed E-state index contributed by atoms with van der Waals surface area (Å²) >= 11 is 0. The second-order valence-electron chi connectivity index (χ2n) is 10.3. The molecule has 3 aromatic rings. The number of nitrogens with zero attached hydrogens (tertiary/aromatic N) is 2. The molecule has 2 atom stereocenters. The van der Waals surface area contributed by atoms with Gasteiger partial charge in [0.1, 0.15) is 18.3 Å². The number of hydrogen-bond donors (Lipinski definition) is 1. The molecule has 0 aliphatic carbocycles. The number of benzene rings is 2. The first-order valence-corrected chi connectivity index (χ1v) is 14.2. The number of rotatable bonds is 9. The molecule has 0 spiro atoms. The van der Waals surface area contributed by atoms with Gasteiger partial charge in [0.2, 0.25) is 0 Å². The summed E-state index contributed by atoms with van der Waals surface area (Å²) in [6, 6.07) is 20.5. The number of pyridine rings is 1. The summed E-state index contributed by atoms with van der Waals surface area (Å²) in [5.41, 5.74) is 3.67. The Morgan fingerprint density at radius 1 is 1.03 bits per heavy atom. The summed E-state index contributed by atoms with van der Waals surface area (Å²) in [6.45, 7) is 4.74. The van der Waals surface area contributed by atoms with Crippen molar-refractivity contribution in [2.75, 3.05) is 6.26 Å². The molecule has 2 aromatic carbocycles. The van der Waals surface area contributed by atoms with Crippen molar-refractivity contribution in [3.8, 4) is 11.1 Å². The minimum absolute atomic E-state index is 0.0147. The smallest absolute Gasteiger partial charge is 0.327 e. The Balaban J connectivity index is 1.43. The fraction of sp³-hybridized carbons (Fsp3) is 0.345. The molecule has 1 aromatic heterocycles. The molecule has 38 heavy (non-hydrogen) atoms. The Morgan fingerprint density at radius 2 is 1.68 bits per heavy atom. The van der Waals surface area contributed by atoms with Crippen molar-refractivity contribution in [3.63, 3.8) is 0 Å². The quantitative estimate of drug-likeness (QED) is 0.403. The van der Waals surface area contributed by atoms with Crippen LogP contribution in [-0.4, -0.2) is 47.3 Å². The van der Waals surface area contributed by atoms with E-state index in [1.807, 2.05) is 54.6 Å². The maximum absolute atomic E-state index is 13.0. The molecule has 9 heteroatoms. The number of esters is 1. The Labute approximate surface area is 223 Å². The van der Waals surface area contributed by atoms with Crippen molar-refractivity contribution in [1.29, 1.82) is 0 Å². The summed E-state index contributed by atoms with van der Waals surface area (Å²) < 4.78 is 29.0. The number of hydrogen-bond acceptors (Lipinski definition) is 8. The van der Waals surface area contributed by atoms with E-state index in [1.165, 1.54) is 6.92 Å². The minimum Gasteiger partial charge on any atom is -0.460 e. The van der Waals surface area contributed by atoms with Crippen LogP contribution in [-0.2, 0) is 36.4 Å². The standard InChI is InChI=1S/C29H32N2O6S/c1-28(2,33)26-16-23(14-15-30-26)21-10-12-22(13-11-21)25-17-24(37-31-25)18-29(3,38(4,34)35)27(32)36-19-20-8-6-5-7-9-20/h5-16,24,33H,17-19H2,1-4H3. The van der Waals surface area contributed by atoms with Crippen molar-refractivity contribution >= 4 is 21.5 Å². The number of aromatic nitrogens is 1. The van der Waals surface area contributed by atoms with Crippen molar-refractivity contribution in [2.45, 2.75) is 56.7 Å². The van der Waals surface area contributed by atoms with E-state index in [0.717, 1.165) is 28.5 Å². The Bertz CT molecular complexity index is 1430. The molecule has 1 N–H and O–H groups in total. The van der Waals surface area contributed by atoms with Crippen LogP contribution in [0, 0.1) is 0 Å². The zero-order chi connectivity index (χ0) is 27.6. The first-order chi connectivity index (χ1) is 17.9. The van der Waals surface area contributed by atoms with Gasteiger partial charge in [-0.3, -0.25) is 9.78 Å². The molecule has 2 heterocycles. The first kappa shape index (κ1) is 27.5. The van der Waals surface area contributed by atoms with Gasteiger partial charge in [0.25, 0.3) is 0 Å². The molecule has 1 aliphatic heterocycles. The predicted molar refractivity (Wildman–Crippen MR) is 145 cm³/mol. The highest BCUT2D eigenvalue weighted by Crippen LogP contribution is 2.31. The highest BCUT2D eigenvalue weighted by Gasteiger charge is 2.48. The monoisotopic (exact) mass is 536 g/mol. The third kappa shape index (κ3) is 6.11. The van der Waals surface area contributed by atoms with Gasteiger partial charge in [0.05, 0.1) is 11.4 Å². The van der Waals surface area contributed by atoms with E-state index in [-0.39, 0.29) is 13.0 Å². The van der Waals surface area contributed by atoms with Gasteiger partial charge in [0.15, 0.2) is 14.6 Å². The van der Waals surface area contributed by atoms with Crippen LogP contribution < -0.4 is 0 Å². The van der Waals surface area contributed by atoms with Gasteiger partial charge < -0.3 is 14.7 Å². The maximum Gasteiger partial charge on any atom is 0.327 e. The van der Waals surface area contributed by atoms with E-state index >= 15 is 0 Å². The van der Waals surface area contributed by atoms with Crippen molar-refractivity contribution in [3.05, 3.63) is 89.7 Å².